The van der Waals surface area contributed by atoms with E-state index in [1.807, 2.05) is 24.3 Å². The van der Waals surface area contributed by atoms with Gasteiger partial charge in [-0.2, -0.15) is 0 Å². The molecule has 2 aromatic rings. The maximum absolute atomic E-state index is 13.5. The SMILES string of the molecule is COc1ccc(N2C=C(C(=O)c3ccncc3)CN(C34CC5CC(CC(C5)C3)C4)C2)cc1. The number of rotatable bonds is 5. The number of carbonyl (C=O) groups is 1. The molecule has 5 heteroatoms. The Hall–Kier alpha value is -2.66. The van der Waals surface area contributed by atoms with Gasteiger partial charge in [-0.1, -0.05) is 0 Å². The number of anilines is 1. The Kier molecular flexibility index (Phi) is 4.83. The molecule has 0 N–H and O–H groups in total. The number of hydrogen-bond acceptors (Lipinski definition) is 5. The Morgan fingerprint density at radius 1 is 0.969 bits per heavy atom. The zero-order valence-corrected chi connectivity index (χ0v) is 18.7. The van der Waals surface area contributed by atoms with E-state index in [1.54, 1.807) is 19.5 Å². The van der Waals surface area contributed by atoms with E-state index < -0.39 is 0 Å². The number of ether oxygens (including phenoxy) is 1. The van der Waals surface area contributed by atoms with Crippen molar-refractivity contribution in [1.29, 1.82) is 0 Å². The molecule has 0 radical (unpaired) electrons. The molecule has 0 spiro atoms. The van der Waals surface area contributed by atoms with E-state index >= 15 is 0 Å². The van der Waals surface area contributed by atoms with Crippen molar-refractivity contribution >= 4 is 11.5 Å². The Labute approximate surface area is 190 Å². The number of carbonyl (C=O) groups excluding carboxylic acids is 1. The van der Waals surface area contributed by atoms with Crippen molar-refractivity contribution in [1.82, 2.24) is 9.88 Å². The van der Waals surface area contributed by atoms with Crippen LogP contribution in [0.4, 0.5) is 5.69 Å². The van der Waals surface area contributed by atoms with Crippen LogP contribution in [0.3, 0.4) is 0 Å². The van der Waals surface area contributed by atoms with Crippen LogP contribution in [-0.2, 0) is 0 Å². The largest absolute Gasteiger partial charge is 0.497 e. The van der Waals surface area contributed by atoms with Crippen LogP contribution in [0.1, 0.15) is 48.9 Å². The van der Waals surface area contributed by atoms with Crippen molar-refractivity contribution in [2.75, 3.05) is 25.2 Å². The van der Waals surface area contributed by atoms with Gasteiger partial charge >= 0.3 is 0 Å². The van der Waals surface area contributed by atoms with Gasteiger partial charge in [-0.15, -0.1) is 0 Å². The minimum atomic E-state index is 0.111. The highest BCUT2D eigenvalue weighted by Crippen LogP contribution is 2.58. The first kappa shape index (κ1) is 20.0. The topological polar surface area (TPSA) is 45.7 Å². The van der Waals surface area contributed by atoms with Gasteiger partial charge in [-0.05, 0) is 92.7 Å². The van der Waals surface area contributed by atoms with Gasteiger partial charge in [0, 0.05) is 47.5 Å². The summed E-state index contributed by atoms with van der Waals surface area (Å²) < 4.78 is 5.36. The molecule has 32 heavy (non-hydrogen) atoms. The molecular formula is C27H31N3O2. The van der Waals surface area contributed by atoms with Gasteiger partial charge in [0.15, 0.2) is 5.78 Å². The van der Waals surface area contributed by atoms with E-state index in [-0.39, 0.29) is 11.3 Å². The molecule has 1 aliphatic heterocycles. The fourth-order valence-electron chi connectivity index (χ4n) is 7.23. The molecule has 2 heterocycles. The number of hydrogen-bond donors (Lipinski definition) is 0. The van der Waals surface area contributed by atoms with Crippen LogP contribution in [0.2, 0.25) is 0 Å². The molecule has 0 saturated heterocycles. The number of benzene rings is 1. The van der Waals surface area contributed by atoms with E-state index in [9.17, 15) is 4.79 Å². The van der Waals surface area contributed by atoms with Crippen LogP contribution >= 0.6 is 0 Å². The van der Waals surface area contributed by atoms with Gasteiger partial charge in [0.05, 0.1) is 13.8 Å². The van der Waals surface area contributed by atoms with Gasteiger partial charge in [-0.25, -0.2) is 0 Å². The maximum Gasteiger partial charge on any atom is 0.191 e. The fourth-order valence-corrected chi connectivity index (χ4v) is 7.23. The highest BCUT2D eigenvalue weighted by atomic mass is 16.5. The zero-order valence-electron chi connectivity index (χ0n) is 18.7. The summed E-state index contributed by atoms with van der Waals surface area (Å²) in [5, 5.41) is 0. The van der Waals surface area contributed by atoms with Gasteiger partial charge in [0.1, 0.15) is 5.75 Å². The summed E-state index contributed by atoms with van der Waals surface area (Å²) in [5.41, 5.74) is 2.93. The summed E-state index contributed by atoms with van der Waals surface area (Å²) in [4.78, 5) is 22.5. The molecule has 5 aliphatic rings. The first-order valence-electron chi connectivity index (χ1n) is 11.9. The normalized spacial score (nSPS) is 31.5. The fraction of sp³-hybridized carbons (Fsp3) is 0.481. The van der Waals surface area contributed by atoms with E-state index in [0.717, 1.165) is 48.0 Å². The minimum absolute atomic E-state index is 0.111. The van der Waals surface area contributed by atoms with Crippen LogP contribution in [0, 0.1) is 17.8 Å². The molecule has 5 nitrogen and oxygen atoms in total. The predicted molar refractivity (Wildman–Crippen MR) is 125 cm³/mol. The smallest absolute Gasteiger partial charge is 0.191 e. The summed E-state index contributed by atoms with van der Waals surface area (Å²) >= 11 is 0. The number of Topliss-reactive ketones (excluding diaryl/α,β-unsaturated/α-hetero) is 1. The number of ketones is 1. The van der Waals surface area contributed by atoms with E-state index in [1.165, 1.54) is 38.5 Å². The molecule has 4 aliphatic carbocycles. The third kappa shape index (κ3) is 3.43. The average Bonchev–Trinajstić information content (AvgIpc) is 2.83. The maximum atomic E-state index is 13.5. The van der Waals surface area contributed by atoms with Crippen molar-refractivity contribution in [2.45, 2.75) is 44.1 Å². The minimum Gasteiger partial charge on any atom is -0.497 e. The van der Waals surface area contributed by atoms with E-state index in [0.29, 0.717) is 5.56 Å². The third-order valence-corrected chi connectivity index (χ3v) is 8.31. The average molecular weight is 430 g/mol. The number of methoxy groups -OCH3 is 1. The van der Waals surface area contributed by atoms with Gasteiger partial charge < -0.3 is 9.64 Å². The van der Waals surface area contributed by atoms with Crippen molar-refractivity contribution in [2.24, 2.45) is 17.8 Å². The van der Waals surface area contributed by atoms with E-state index in [4.69, 9.17) is 4.74 Å². The molecule has 0 amide bonds. The van der Waals surface area contributed by atoms with Crippen LogP contribution in [-0.4, -0.2) is 41.5 Å². The van der Waals surface area contributed by atoms with Crippen molar-refractivity contribution in [3.63, 3.8) is 0 Å². The second-order valence-electron chi connectivity index (χ2n) is 10.4. The standard InChI is InChI=1S/C27H31N3O2/c1-32-25-4-2-24(3-5-25)29-16-23(26(31)22-6-8-28-9-7-22)17-30(18-29)27-13-19-10-20(14-27)12-21(11-19)15-27/h2-9,16,19-21H,10-15,17-18H2,1H3. The second kappa shape index (κ2) is 7.73. The van der Waals surface area contributed by atoms with Crippen molar-refractivity contribution in [3.8, 4) is 5.75 Å². The second-order valence-corrected chi connectivity index (χ2v) is 10.4. The Bertz CT molecular complexity index is 995. The number of pyridine rings is 1. The van der Waals surface area contributed by atoms with Gasteiger partial charge in [0.2, 0.25) is 0 Å². The third-order valence-electron chi connectivity index (χ3n) is 8.31. The lowest BCUT2D eigenvalue weighted by Gasteiger charge is -2.61. The summed E-state index contributed by atoms with van der Waals surface area (Å²) in [6.07, 6.45) is 13.6. The lowest BCUT2D eigenvalue weighted by atomic mass is 9.52. The molecular weight excluding hydrogens is 398 g/mol. The predicted octanol–water partition coefficient (Wildman–Crippen LogP) is 4.91. The number of aromatic nitrogens is 1. The molecule has 1 aromatic carbocycles. The summed E-state index contributed by atoms with van der Waals surface area (Å²) in [7, 11) is 1.69. The monoisotopic (exact) mass is 429 g/mol. The quantitative estimate of drug-likeness (QED) is 0.632. The lowest BCUT2D eigenvalue weighted by molar-refractivity contribution is -0.0859. The molecule has 0 atom stereocenters. The molecule has 0 unspecified atom stereocenters. The summed E-state index contributed by atoms with van der Waals surface area (Å²) in [5.74, 6) is 3.59. The summed E-state index contributed by atoms with van der Waals surface area (Å²) in [6.45, 7) is 1.57. The van der Waals surface area contributed by atoms with Crippen molar-refractivity contribution < 1.29 is 9.53 Å². The van der Waals surface area contributed by atoms with Gasteiger partial charge in [-0.3, -0.25) is 14.7 Å². The molecule has 4 saturated carbocycles. The Balaban J connectivity index is 1.35. The first-order chi connectivity index (χ1) is 15.6. The van der Waals surface area contributed by atoms with Gasteiger partial charge in [0.25, 0.3) is 0 Å². The van der Waals surface area contributed by atoms with Crippen LogP contribution in [0.25, 0.3) is 0 Å². The highest BCUT2D eigenvalue weighted by molar-refractivity contribution is 6.09. The molecule has 7 rings (SSSR count). The molecule has 4 bridgehead atoms. The molecule has 1 aromatic heterocycles. The summed E-state index contributed by atoms with van der Waals surface area (Å²) in [6, 6.07) is 11.8. The number of nitrogens with zero attached hydrogens (tertiary/aromatic N) is 3. The van der Waals surface area contributed by atoms with Crippen molar-refractivity contribution in [3.05, 3.63) is 66.1 Å². The Morgan fingerprint density at radius 3 is 2.19 bits per heavy atom. The molecule has 166 valence electrons. The first-order valence-corrected chi connectivity index (χ1v) is 11.9. The highest BCUT2D eigenvalue weighted by Gasteiger charge is 2.54. The van der Waals surface area contributed by atoms with Crippen LogP contribution < -0.4 is 9.64 Å². The lowest BCUT2D eigenvalue weighted by Crippen LogP contribution is -2.63. The van der Waals surface area contributed by atoms with Crippen LogP contribution in [0.15, 0.2) is 60.6 Å². The molecule has 4 fully saturated rings. The zero-order chi connectivity index (χ0) is 21.7. The van der Waals surface area contributed by atoms with E-state index in [2.05, 4.69) is 33.1 Å². The van der Waals surface area contributed by atoms with Crippen LogP contribution in [0.5, 0.6) is 5.75 Å². The Morgan fingerprint density at radius 2 is 1.59 bits per heavy atom.